The van der Waals surface area contributed by atoms with Crippen LogP contribution in [0.2, 0.25) is 0 Å². The Balaban J connectivity index is 1.46. The number of carbonyl (C=O) groups excluding carboxylic acids is 1. The molecule has 4 aromatic carbocycles. The third-order valence-electron chi connectivity index (χ3n) is 6.37. The maximum atomic E-state index is 12.7. The van der Waals surface area contributed by atoms with Crippen LogP contribution in [0.1, 0.15) is 18.1 Å². The molecule has 0 bridgehead atoms. The van der Waals surface area contributed by atoms with E-state index in [1.165, 1.54) is 10.8 Å². The summed E-state index contributed by atoms with van der Waals surface area (Å²) in [6, 6.07) is 26.2. The Morgan fingerprint density at radius 3 is 2.44 bits per heavy atom. The average Bonchev–Trinajstić information content (AvgIpc) is 3.33. The summed E-state index contributed by atoms with van der Waals surface area (Å²) in [5.74, 6) is 1.20. The minimum Gasteiger partial charge on any atom is -0.496 e. The molecule has 180 valence electrons. The Hall–Kier alpha value is -4.51. The lowest BCUT2D eigenvalue weighted by Gasteiger charge is -2.11. The van der Waals surface area contributed by atoms with Gasteiger partial charge in [-0.3, -0.25) is 4.79 Å². The first-order chi connectivity index (χ1) is 17.6. The summed E-state index contributed by atoms with van der Waals surface area (Å²) in [7, 11) is 3.24. The van der Waals surface area contributed by atoms with Gasteiger partial charge in [0, 0.05) is 40.8 Å². The molecule has 0 atom stereocenters. The van der Waals surface area contributed by atoms with Gasteiger partial charge in [0.15, 0.2) is 0 Å². The fourth-order valence-corrected chi connectivity index (χ4v) is 4.47. The van der Waals surface area contributed by atoms with Crippen LogP contribution in [0.15, 0.2) is 95.6 Å². The lowest BCUT2D eigenvalue weighted by Crippen LogP contribution is -2.21. The van der Waals surface area contributed by atoms with Gasteiger partial charge in [0.25, 0.3) is 0 Å². The van der Waals surface area contributed by atoms with Crippen LogP contribution in [-0.4, -0.2) is 20.1 Å². The number of carbonyl (C=O) groups is 1. The molecule has 0 saturated carbocycles. The van der Waals surface area contributed by atoms with Crippen molar-refractivity contribution in [2.45, 2.75) is 13.5 Å². The molecule has 0 saturated heterocycles. The molecule has 0 fully saturated rings. The molecule has 0 spiro atoms. The number of rotatable bonds is 7. The summed E-state index contributed by atoms with van der Waals surface area (Å²) in [5, 5.41) is 6.26. The number of para-hydroxylation sites is 1. The molecule has 5 nitrogen and oxygen atoms in total. The van der Waals surface area contributed by atoms with Gasteiger partial charge >= 0.3 is 0 Å². The van der Waals surface area contributed by atoms with E-state index in [-0.39, 0.29) is 5.91 Å². The molecule has 5 heteroatoms. The number of furan rings is 1. The van der Waals surface area contributed by atoms with E-state index in [0.717, 1.165) is 44.5 Å². The third-order valence-corrected chi connectivity index (χ3v) is 6.37. The highest BCUT2D eigenvalue weighted by atomic mass is 16.5. The minimum absolute atomic E-state index is 0.192. The number of allylic oxidation sites excluding steroid dienone is 1. The van der Waals surface area contributed by atoms with Crippen molar-refractivity contribution >= 4 is 33.2 Å². The predicted octanol–water partition coefficient (Wildman–Crippen LogP) is 6.99. The molecular weight excluding hydrogens is 450 g/mol. The molecule has 0 aliphatic carbocycles. The van der Waals surface area contributed by atoms with Crippen molar-refractivity contribution in [3.8, 4) is 22.6 Å². The molecule has 0 radical (unpaired) electrons. The van der Waals surface area contributed by atoms with Crippen LogP contribution in [0.4, 0.5) is 0 Å². The van der Waals surface area contributed by atoms with Crippen LogP contribution in [0.25, 0.3) is 38.4 Å². The topological polar surface area (TPSA) is 60.7 Å². The highest BCUT2D eigenvalue weighted by Crippen LogP contribution is 2.38. The van der Waals surface area contributed by atoms with Crippen LogP contribution >= 0.6 is 0 Å². The second-order valence-corrected chi connectivity index (χ2v) is 8.62. The summed E-state index contributed by atoms with van der Waals surface area (Å²) in [6.07, 6.45) is 3.37. The molecule has 5 rings (SSSR count). The number of ether oxygens (including phenoxy) is 2. The predicted molar refractivity (Wildman–Crippen MR) is 144 cm³/mol. The van der Waals surface area contributed by atoms with Gasteiger partial charge in [-0.05, 0) is 47.0 Å². The van der Waals surface area contributed by atoms with Crippen molar-refractivity contribution in [3.63, 3.8) is 0 Å². The monoisotopic (exact) mass is 477 g/mol. The van der Waals surface area contributed by atoms with E-state index >= 15 is 0 Å². The van der Waals surface area contributed by atoms with Crippen molar-refractivity contribution in [1.29, 1.82) is 0 Å². The fourth-order valence-electron chi connectivity index (χ4n) is 4.47. The zero-order valence-electron chi connectivity index (χ0n) is 20.5. The van der Waals surface area contributed by atoms with Gasteiger partial charge in [-0.15, -0.1) is 0 Å². The lowest BCUT2D eigenvalue weighted by atomic mass is 9.97. The second kappa shape index (κ2) is 10.0. The van der Waals surface area contributed by atoms with Gasteiger partial charge in [-0.25, -0.2) is 0 Å². The van der Waals surface area contributed by atoms with Gasteiger partial charge in [0.2, 0.25) is 5.91 Å². The number of nitrogens with one attached hydrogen (secondary N) is 1. The maximum absolute atomic E-state index is 12.7. The number of fused-ring (bicyclic) bond motifs is 2. The third kappa shape index (κ3) is 4.56. The summed E-state index contributed by atoms with van der Waals surface area (Å²) < 4.78 is 16.9. The molecule has 5 aromatic rings. The number of hydrogen-bond acceptors (Lipinski definition) is 4. The molecule has 0 unspecified atom stereocenters. The Morgan fingerprint density at radius 2 is 1.64 bits per heavy atom. The highest BCUT2D eigenvalue weighted by molar-refractivity contribution is 6.01. The van der Waals surface area contributed by atoms with Gasteiger partial charge in [0.1, 0.15) is 17.1 Å². The van der Waals surface area contributed by atoms with Crippen molar-refractivity contribution in [3.05, 3.63) is 102 Å². The second-order valence-electron chi connectivity index (χ2n) is 8.62. The Morgan fingerprint density at radius 1 is 0.889 bits per heavy atom. The Bertz CT molecular complexity index is 1600. The van der Waals surface area contributed by atoms with Crippen LogP contribution in [0, 0.1) is 0 Å². The normalized spacial score (nSPS) is 11.6. The smallest absolute Gasteiger partial charge is 0.244 e. The first kappa shape index (κ1) is 23.2. The summed E-state index contributed by atoms with van der Waals surface area (Å²) in [5.41, 5.74) is 5.33. The lowest BCUT2D eigenvalue weighted by molar-refractivity contribution is -0.116. The Labute approximate surface area is 210 Å². The van der Waals surface area contributed by atoms with Gasteiger partial charge in [-0.1, -0.05) is 54.6 Å². The van der Waals surface area contributed by atoms with Gasteiger partial charge < -0.3 is 19.2 Å². The quantitative estimate of drug-likeness (QED) is 0.257. The number of amides is 1. The number of methoxy groups -OCH3 is 2. The van der Waals surface area contributed by atoms with E-state index in [1.54, 1.807) is 26.6 Å². The van der Waals surface area contributed by atoms with Crippen LogP contribution in [0.5, 0.6) is 11.5 Å². The van der Waals surface area contributed by atoms with E-state index in [0.29, 0.717) is 12.3 Å². The molecule has 0 aliphatic heterocycles. The molecular formula is C31H27NO4. The van der Waals surface area contributed by atoms with E-state index < -0.39 is 0 Å². The van der Waals surface area contributed by atoms with E-state index in [1.807, 2.05) is 55.5 Å². The van der Waals surface area contributed by atoms with Crippen LogP contribution < -0.4 is 14.8 Å². The molecule has 1 N–H and O–H groups in total. The van der Waals surface area contributed by atoms with E-state index in [9.17, 15) is 4.79 Å². The summed E-state index contributed by atoms with van der Waals surface area (Å²) in [4.78, 5) is 12.7. The largest absolute Gasteiger partial charge is 0.496 e. The first-order valence-electron chi connectivity index (χ1n) is 11.7. The minimum atomic E-state index is -0.192. The first-order valence-corrected chi connectivity index (χ1v) is 11.7. The van der Waals surface area contributed by atoms with E-state index in [4.69, 9.17) is 13.9 Å². The zero-order chi connectivity index (χ0) is 25.1. The van der Waals surface area contributed by atoms with Gasteiger partial charge in [-0.2, -0.15) is 0 Å². The molecule has 36 heavy (non-hydrogen) atoms. The van der Waals surface area contributed by atoms with Crippen molar-refractivity contribution in [1.82, 2.24) is 5.32 Å². The summed E-state index contributed by atoms with van der Waals surface area (Å²) in [6.45, 7) is 2.28. The number of benzene rings is 4. The van der Waals surface area contributed by atoms with Crippen LogP contribution in [0.3, 0.4) is 0 Å². The fraction of sp³-hybridized carbons (Fsp3) is 0.129. The average molecular weight is 478 g/mol. The van der Waals surface area contributed by atoms with Crippen LogP contribution in [-0.2, 0) is 11.3 Å². The zero-order valence-corrected chi connectivity index (χ0v) is 20.5. The van der Waals surface area contributed by atoms with Crippen molar-refractivity contribution < 1.29 is 18.7 Å². The standard InChI is InChI=1S/C31H27NO4/c1-20(14-31(33)32-18-24-10-6-7-11-28(24)34-2)25-16-26-27(19-36-30(26)17-29(25)35-3)23-13-12-21-8-4-5-9-22(21)15-23/h4-17,19H,18H2,1-3H3,(H,32,33)/b20-14+. The number of hydrogen-bond donors (Lipinski definition) is 1. The SMILES string of the molecule is COc1ccccc1CNC(=O)/C=C(\C)c1cc2c(-c3ccc4ccccc4c3)coc2cc1OC. The maximum Gasteiger partial charge on any atom is 0.244 e. The highest BCUT2D eigenvalue weighted by Gasteiger charge is 2.15. The molecule has 0 aliphatic rings. The van der Waals surface area contributed by atoms with E-state index in [2.05, 4.69) is 35.6 Å². The van der Waals surface area contributed by atoms with Crippen molar-refractivity contribution in [2.24, 2.45) is 0 Å². The van der Waals surface area contributed by atoms with Crippen molar-refractivity contribution in [2.75, 3.05) is 14.2 Å². The van der Waals surface area contributed by atoms with Gasteiger partial charge in [0.05, 0.1) is 20.5 Å². The Kier molecular flexibility index (Phi) is 6.46. The summed E-state index contributed by atoms with van der Waals surface area (Å²) >= 11 is 0. The molecule has 1 aromatic heterocycles. The molecule has 1 amide bonds. The molecule has 1 heterocycles.